The lowest BCUT2D eigenvalue weighted by Gasteiger charge is -2.55. The zero-order chi connectivity index (χ0) is 38.3. The number of aromatic hydroxyl groups is 1. The number of carbonyl (C=O) groups is 4. The molecule has 1 N–H and O–H groups in total. The molecule has 1 saturated carbocycles. The minimum atomic E-state index is -5.23. The standard InChI is InChI=1S/C42H29F6NO5/c43-41(44,45)24-17-25(42(46,47)48)19-26(18-24)49-38(53)29-16-15-27-31(35(29)39(49)54)20-32-37(52)30(22-9-3-1-4-10-22)21-34(51)40(32,23-11-5-2-6-12-23)36(27)28-13-7-8-14-33(28)50/h1-15,17-19,21,29,31-32,35-36,50H,16,20H2/t29-,31+,32-,35-,36+,40-/m0/s1. The summed E-state index contributed by atoms with van der Waals surface area (Å²) in [6.45, 7) is 0. The topological polar surface area (TPSA) is 91.8 Å². The van der Waals surface area contributed by atoms with Crippen molar-refractivity contribution in [3.63, 3.8) is 0 Å². The number of anilines is 1. The molecule has 8 rings (SSSR count). The van der Waals surface area contributed by atoms with Gasteiger partial charge in [0.25, 0.3) is 0 Å². The number of allylic oxidation sites excluding steroid dienone is 4. The molecule has 0 unspecified atom stereocenters. The third-order valence-corrected chi connectivity index (χ3v) is 11.5. The van der Waals surface area contributed by atoms with Crippen molar-refractivity contribution in [1.29, 1.82) is 0 Å². The predicted molar refractivity (Wildman–Crippen MR) is 184 cm³/mol. The van der Waals surface area contributed by atoms with Crippen LogP contribution in [0.1, 0.15) is 46.6 Å². The molecule has 274 valence electrons. The lowest BCUT2D eigenvalue weighted by atomic mass is 9.44. The summed E-state index contributed by atoms with van der Waals surface area (Å²) < 4.78 is 83.3. The van der Waals surface area contributed by atoms with Crippen LogP contribution in [-0.2, 0) is 36.9 Å². The number of imide groups is 1. The molecule has 0 bridgehead atoms. The maximum atomic E-state index is 15.0. The number of hydrogen-bond acceptors (Lipinski definition) is 5. The summed E-state index contributed by atoms with van der Waals surface area (Å²) in [4.78, 5) is 58.8. The number of halogens is 6. The highest BCUT2D eigenvalue weighted by atomic mass is 19.4. The van der Waals surface area contributed by atoms with Gasteiger partial charge in [0.2, 0.25) is 11.8 Å². The van der Waals surface area contributed by atoms with E-state index in [-0.39, 0.29) is 35.8 Å². The van der Waals surface area contributed by atoms with Gasteiger partial charge in [0.05, 0.1) is 34.1 Å². The summed E-state index contributed by atoms with van der Waals surface area (Å²) in [6.07, 6.45) is -7.73. The number of para-hydroxylation sites is 1. The van der Waals surface area contributed by atoms with Gasteiger partial charge in [0.1, 0.15) is 5.75 Å². The minimum Gasteiger partial charge on any atom is -0.508 e. The monoisotopic (exact) mass is 741 g/mol. The van der Waals surface area contributed by atoms with Crippen LogP contribution in [0.15, 0.2) is 121 Å². The van der Waals surface area contributed by atoms with Gasteiger partial charge in [-0.15, -0.1) is 0 Å². The summed E-state index contributed by atoms with van der Waals surface area (Å²) in [5.74, 6) is -8.68. The Labute approximate surface area is 304 Å². The van der Waals surface area contributed by atoms with E-state index in [1.807, 2.05) is 0 Å². The van der Waals surface area contributed by atoms with E-state index in [9.17, 15) is 45.8 Å². The van der Waals surface area contributed by atoms with E-state index in [1.165, 1.54) is 12.1 Å². The highest BCUT2D eigenvalue weighted by molar-refractivity contribution is 6.32. The molecule has 1 saturated heterocycles. The minimum absolute atomic E-state index is 0.0774. The maximum Gasteiger partial charge on any atom is 0.416 e. The summed E-state index contributed by atoms with van der Waals surface area (Å²) in [5.41, 5.74) is -4.04. The van der Waals surface area contributed by atoms with Crippen LogP contribution in [0.5, 0.6) is 5.75 Å². The molecule has 6 nitrogen and oxygen atoms in total. The number of alkyl halides is 6. The average molecular weight is 742 g/mol. The first-order valence-electron chi connectivity index (χ1n) is 17.2. The predicted octanol–water partition coefficient (Wildman–Crippen LogP) is 8.46. The number of phenols is 1. The van der Waals surface area contributed by atoms with Gasteiger partial charge in [-0.05, 0) is 60.2 Å². The smallest absolute Gasteiger partial charge is 0.416 e. The third kappa shape index (κ3) is 5.25. The maximum absolute atomic E-state index is 15.0. The second-order valence-corrected chi connectivity index (χ2v) is 14.1. The number of carbonyl (C=O) groups excluding carboxylic acids is 4. The number of ketones is 2. The first kappa shape index (κ1) is 35.3. The number of amides is 2. The molecular formula is C42H29F6NO5. The zero-order valence-corrected chi connectivity index (χ0v) is 28.1. The van der Waals surface area contributed by atoms with Crippen LogP contribution in [0, 0.1) is 23.7 Å². The van der Waals surface area contributed by atoms with Gasteiger partial charge >= 0.3 is 12.4 Å². The summed E-state index contributed by atoms with van der Waals surface area (Å²) >= 11 is 0. The van der Waals surface area contributed by atoms with E-state index in [4.69, 9.17) is 0 Å². The fraction of sp³-hybridized carbons (Fsp3) is 0.238. The molecule has 2 amide bonds. The summed E-state index contributed by atoms with van der Waals surface area (Å²) in [6, 6.07) is 24.0. The summed E-state index contributed by atoms with van der Waals surface area (Å²) in [5, 5.41) is 11.4. The van der Waals surface area contributed by atoms with Crippen LogP contribution in [-0.4, -0.2) is 28.5 Å². The second-order valence-electron chi connectivity index (χ2n) is 14.1. The van der Waals surface area contributed by atoms with Crippen LogP contribution >= 0.6 is 0 Å². The number of Topliss-reactive ketones (excluding diaryl/α,β-unsaturated/α-hetero) is 1. The molecule has 0 aromatic heterocycles. The van der Waals surface area contributed by atoms with Crippen LogP contribution in [0.25, 0.3) is 5.57 Å². The Kier molecular flexibility index (Phi) is 8.09. The fourth-order valence-electron chi connectivity index (χ4n) is 9.27. The molecule has 2 fully saturated rings. The van der Waals surface area contributed by atoms with Crippen molar-refractivity contribution in [3.05, 3.63) is 149 Å². The van der Waals surface area contributed by atoms with Crippen molar-refractivity contribution in [2.45, 2.75) is 36.5 Å². The van der Waals surface area contributed by atoms with E-state index in [0.717, 1.165) is 0 Å². The Hall–Kier alpha value is -5.78. The van der Waals surface area contributed by atoms with Crippen molar-refractivity contribution in [1.82, 2.24) is 0 Å². The van der Waals surface area contributed by atoms with E-state index in [1.54, 1.807) is 84.9 Å². The zero-order valence-electron chi connectivity index (χ0n) is 28.1. The molecule has 0 radical (unpaired) electrons. The third-order valence-electron chi connectivity index (χ3n) is 11.5. The number of hydrogen-bond donors (Lipinski definition) is 1. The molecular weight excluding hydrogens is 712 g/mol. The Bertz CT molecular complexity index is 2260. The molecule has 54 heavy (non-hydrogen) atoms. The molecule has 1 heterocycles. The molecule has 3 aliphatic carbocycles. The largest absolute Gasteiger partial charge is 0.508 e. The van der Waals surface area contributed by atoms with Gasteiger partial charge in [-0.25, -0.2) is 4.90 Å². The van der Waals surface area contributed by atoms with Crippen molar-refractivity contribution >= 4 is 34.6 Å². The molecule has 4 aromatic carbocycles. The van der Waals surface area contributed by atoms with Crippen LogP contribution in [0.2, 0.25) is 0 Å². The number of fused-ring (bicyclic) bond motifs is 4. The molecule has 4 aliphatic rings. The van der Waals surface area contributed by atoms with Crippen molar-refractivity contribution in [2.24, 2.45) is 23.7 Å². The first-order chi connectivity index (χ1) is 25.6. The van der Waals surface area contributed by atoms with Crippen LogP contribution in [0.3, 0.4) is 0 Å². The fourth-order valence-corrected chi connectivity index (χ4v) is 9.27. The molecule has 0 spiro atoms. The average Bonchev–Trinajstić information content (AvgIpc) is 3.41. The van der Waals surface area contributed by atoms with E-state index in [0.29, 0.717) is 33.7 Å². The number of phenolic OH excluding ortho intramolecular Hbond substituents is 1. The number of rotatable bonds is 4. The molecule has 6 atom stereocenters. The second kappa shape index (κ2) is 12.4. The van der Waals surface area contributed by atoms with E-state index < -0.39 is 87.6 Å². The van der Waals surface area contributed by atoms with Gasteiger partial charge in [0, 0.05) is 23.0 Å². The van der Waals surface area contributed by atoms with Crippen molar-refractivity contribution < 1.29 is 50.6 Å². The lowest BCUT2D eigenvalue weighted by molar-refractivity contribution is -0.143. The van der Waals surface area contributed by atoms with Gasteiger partial charge in [-0.2, -0.15) is 26.3 Å². The molecule has 12 heteroatoms. The molecule has 1 aliphatic heterocycles. The van der Waals surface area contributed by atoms with Crippen LogP contribution < -0.4 is 4.90 Å². The highest BCUT2D eigenvalue weighted by Gasteiger charge is 2.66. The Balaban J connectivity index is 1.33. The van der Waals surface area contributed by atoms with Gasteiger partial charge in [-0.3, -0.25) is 19.2 Å². The normalized spacial score (nSPS) is 26.9. The first-order valence-corrected chi connectivity index (χ1v) is 17.2. The quantitative estimate of drug-likeness (QED) is 0.129. The Morgan fingerprint density at radius 3 is 1.91 bits per heavy atom. The van der Waals surface area contributed by atoms with Crippen molar-refractivity contribution in [2.75, 3.05) is 4.90 Å². The van der Waals surface area contributed by atoms with Gasteiger partial charge in [-0.1, -0.05) is 90.5 Å². The van der Waals surface area contributed by atoms with E-state index in [2.05, 4.69) is 0 Å². The van der Waals surface area contributed by atoms with Gasteiger partial charge < -0.3 is 5.11 Å². The number of benzene rings is 4. The van der Waals surface area contributed by atoms with Crippen molar-refractivity contribution in [3.8, 4) is 5.75 Å². The Morgan fingerprint density at radius 1 is 0.704 bits per heavy atom. The number of nitrogens with zero attached hydrogens (tertiary/aromatic N) is 1. The SMILES string of the molecule is O=C1C(c2ccccc2)=CC(=O)[C@@]2(c3ccccc3)[C@@H](c3ccccc3O)C3=CC[C@@H]4C(=O)N(c5cc(C(F)(F)F)cc(C(F)(F)F)c5)C(=O)[C@@H]4[C@@H]3C[C@@H]12. The van der Waals surface area contributed by atoms with Crippen LogP contribution in [0.4, 0.5) is 32.0 Å². The van der Waals surface area contributed by atoms with E-state index >= 15 is 4.79 Å². The Morgan fingerprint density at radius 2 is 1.30 bits per heavy atom. The lowest BCUT2D eigenvalue weighted by Crippen LogP contribution is -2.58. The highest BCUT2D eigenvalue weighted by Crippen LogP contribution is 2.64. The molecule has 4 aromatic rings. The summed E-state index contributed by atoms with van der Waals surface area (Å²) in [7, 11) is 0. The van der Waals surface area contributed by atoms with Gasteiger partial charge in [0.15, 0.2) is 11.6 Å².